The summed E-state index contributed by atoms with van der Waals surface area (Å²) in [7, 11) is 0. The van der Waals surface area contributed by atoms with E-state index >= 15 is 0 Å². The van der Waals surface area contributed by atoms with Gasteiger partial charge in [0.05, 0.1) is 12.0 Å². The third-order valence-electron chi connectivity index (χ3n) is 5.76. The Labute approximate surface area is 157 Å². The zero-order valence-electron chi connectivity index (χ0n) is 14.7. The van der Waals surface area contributed by atoms with Crippen LogP contribution in [-0.2, 0) is 17.6 Å². The number of nitrogens with one attached hydrogen (secondary N) is 1. The summed E-state index contributed by atoms with van der Waals surface area (Å²) in [6.45, 7) is 7.82. The fourth-order valence-corrected chi connectivity index (χ4v) is 4.26. The number of nitrogens with zero attached hydrogens (tertiary/aromatic N) is 2. The van der Waals surface area contributed by atoms with Crippen molar-refractivity contribution in [1.82, 2.24) is 5.48 Å². The summed E-state index contributed by atoms with van der Waals surface area (Å²) in [4.78, 5) is 30.1. The second-order valence-electron chi connectivity index (χ2n) is 7.22. The van der Waals surface area contributed by atoms with Gasteiger partial charge in [0.15, 0.2) is 5.69 Å². The SMILES string of the molecule is [C-]#[N+]c1cccc(N2CC[C@@]3(CCc4cc(C(=O)NO)ccc4C3)C2=O)c1. The fraction of sp³-hybridized carbons (Fsp3) is 0.286. The van der Waals surface area contributed by atoms with E-state index in [2.05, 4.69) is 4.85 Å². The first-order valence-electron chi connectivity index (χ1n) is 8.92. The summed E-state index contributed by atoms with van der Waals surface area (Å²) in [6.07, 6.45) is 2.90. The van der Waals surface area contributed by atoms with E-state index in [1.165, 1.54) is 0 Å². The molecule has 1 aliphatic heterocycles. The predicted molar refractivity (Wildman–Crippen MR) is 99.8 cm³/mol. The average Bonchev–Trinajstić information content (AvgIpc) is 3.02. The largest absolute Gasteiger partial charge is 0.313 e. The lowest BCUT2D eigenvalue weighted by Crippen LogP contribution is -2.38. The summed E-state index contributed by atoms with van der Waals surface area (Å²) in [5.74, 6) is -0.409. The Morgan fingerprint density at radius 2 is 2.04 bits per heavy atom. The lowest BCUT2D eigenvalue weighted by Gasteiger charge is -2.33. The molecule has 27 heavy (non-hydrogen) atoms. The van der Waals surface area contributed by atoms with Crippen LogP contribution in [0, 0.1) is 12.0 Å². The molecule has 1 fully saturated rings. The van der Waals surface area contributed by atoms with Gasteiger partial charge in [0.1, 0.15) is 0 Å². The molecule has 1 heterocycles. The third-order valence-corrected chi connectivity index (χ3v) is 5.76. The van der Waals surface area contributed by atoms with Crippen LogP contribution in [-0.4, -0.2) is 23.6 Å². The van der Waals surface area contributed by atoms with Gasteiger partial charge in [-0.25, -0.2) is 10.3 Å². The highest BCUT2D eigenvalue weighted by Crippen LogP contribution is 2.45. The highest BCUT2D eigenvalue weighted by molar-refractivity contribution is 6.00. The number of aryl methyl sites for hydroxylation is 1. The average molecular weight is 361 g/mol. The van der Waals surface area contributed by atoms with E-state index in [4.69, 9.17) is 11.8 Å². The van der Waals surface area contributed by atoms with Crippen LogP contribution in [0.1, 0.15) is 34.3 Å². The Hall–Kier alpha value is -3.17. The molecule has 2 aromatic rings. The van der Waals surface area contributed by atoms with E-state index in [1.54, 1.807) is 34.6 Å². The molecule has 2 aromatic carbocycles. The van der Waals surface area contributed by atoms with Gasteiger partial charge in [-0.15, -0.1) is 0 Å². The monoisotopic (exact) mass is 361 g/mol. The Kier molecular flexibility index (Phi) is 4.17. The summed E-state index contributed by atoms with van der Waals surface area (Å²) >= 11 is 0. The van der Waals surface area contributed by atoms with E-state index in [9.17, 15) is 9.59 Å². The molecule has 6 heteroatoms. The minimum Gasteiger partial charge on any atom is -0.313 e. The van der Waals surface area contributed by atoms with Crippen molar-refractivity contribution in [2.45, 2.75) is 25.7 Å². The molecule has 2 aliphatic rings. The Morgan fingerprint density at radius 3 is 2.81 bits per heavy atom. The van der Waals surface area contributed by atoms with Gasteiger partial charge in [0.25, 0.3) is 5.91 Å². The standard InChI is InChI=1S/C21H19N3O3/c1-22-17-3-2-4-18(12-17)24-10-9-21(20(24)26)8-7-14-11-15(19(25)23-27)5-6-16(14)13-21/h2-6,11-12,27H,7-10,13H2,(H,23,25)/t21-/m1/s1. The topological polar surface area (TPSA) is 74.0 Å². The van der Waals surface area contributed by atoms with Crippen LogP contribution in [0.25, 0.3) is 4.85 Å². The molecule has 4 rings (SSSR count). The smallest absolute Gasteiger partial charge is 0.274 e. The van der Waals surface area contributed by atoms with Crippen molar-refractivity contribution in [3.8, 4) is 0 Å². The summed E-state index contributed by atoms with van der Waals surface area (Å²) in [5.41, 5.74) is 5.12. The molecule has 136 valence electrons. The van der Waals surface area contributed by atoms with Gasteiger partial charge in [0.2, 0.25) is 5.91 Å². The van der Waals surface area contributed by atoms with Crippen molar-refractivity contribution in [3.05, 3.63) is 70.6 Å². The fourth-order valence-electron chi connectivity index (χ4n) is 4.26. The molecule has 1 saturated heterocycles. The number of hydroxylamine groups is 1. The van der Waals surface area contributed by atoms with Crippen molar-refractivity contribution in [1.29, 1.82) is 0 Å². The van der Waals surface area contributed by atoms with Gasteiger partial charge >= 0.3 is 0 Å². The first-order valence-corrected chi connectivity index (χ1v) is 8.92. The molecular formula is C21H19N3O3. The second-order valence-corrected chi connectivity index (χ2v) is 7.22. The minimum absolute atomic E-state index is 0.118. The number of amides is 2. The Balaban J connectivity index is 1.60. The van der Waals surface area contributed by atoms with E-state index in [0.29, 0.717) is 24.2 Å². The summed E-state index contributed by atoms with van der Waals surface area (Å²) in [6, 6.07) is 12.6. The molecule has 0 saturated carbocycles. The molecule has 2 amide bonds. The Bertz CT molecular complexity index is 979. The zero-order valence-corrected chi connectivity index (χ0v) is 14.7. The number of benzene rings is 2. The zero-order chi connectivity index (χ0) is 19.0. The van der Waals surface area contributed by atoms with Crippen LogP contribution < -0.4 is 10.4 Å². The normalized spacial score (nSPS) is 21.0. The first kappa shape index (κ1) is 17.3. The van der Waals surface area contributed by atoms with Crippen LogP contribution in [0.3, 0.4) is 0 Å². The first-order chi connectivity index (χ1) is 13.1. The molecular weight excluding hydrogens is 342 g/mol. The van der Waals surface area contributed by atoms with Gasteiger partial charge in [-0.2, -0.15) is 0 Å². The van der Waals surface area contributed by atoms with Crippen LogP contribution >= 0.6 is 0 Å². The van der Waals surface area contributed by atoms with Crippen LogP contribution in [0.2, 0.25) is 0 Å². The predicted octanol–water partition coefficient (Wildman–Crippen LogP) is 3.27. The number of rotatable bonds is 2. The van der Waals surface area contributed by atoms with Crippen LogP contribution in [0.15, 0.2) is 42.5 Å². The molecule has 0 bridgehead atoms. The molecule has 1 atom stereocenters. The van der Waals surface area contributed by atoms with E-state index in [0.717, 1.165) is 36.1 Å². The third kappa shape index (κ3) is 2.86. The molecule has 6 nitrogen and oxygen atoms in total. The molecule has 0 radical (unpaired) electrons. The van der Waals surface area contributed by atoms with Crippen molar-refractivity contribution < 1.29 is 14.8 Å². The van der Waals surface area contributed by atoms with Crippen molar-refractivity contribution >= 4 is 23.2 Å². The molecule has 0 aromatic heterocycles. The van der Waals surface area contributed by atoms with Gasteiger partial charge in [-0.3, -0.25) is 14.8 Å². The summed E-state index contributed by atoms with van der Waals surface area (Å²) < 4.78 is 0. The summed E-state index contributed by atoms with van der Waals surface area (Å²) in [5, 5.41) is 8.80. The maximum absolute atomic E-state index is 13.3. The van der Waals surface area contributed by atoms with Crippen molar-refractivity contribution in [3.63, 3.8) is 0 Å². The highest BCUT2D eigenvalue weighted by atomic mass is 16.5. The highest BCUT2D eigenvalue weighted by Gasteiger charge is 2.48. The lowest BCUT2D eigenvalue weighted by molar-refractivity contribution is -0.126. The number of hydrogen-bond acceptors (Lipinski definition) is 3. The number of fused-ring (bicyclic) bond motifs is 1. The maximum atomic E-state index is 13.3. The molecule has 1 spiro atoms. The van der Waals surface area contributed by atoms with E-state index in [-0.39, 0.29) is 5.91 Å². The van der Waals surface area contributed by atoms with Crippen molar-refractivity contribution in [2.75, 3.05) is 11.4 Å². The van der Waals surface area contributed by atoms with E-state index < -0.39 is 11.3 Å². The number of hydrogen-bond donors (Lipinski definition) is 2. The second kappa shape index (κ2) is 6.53. The van der Waals surface area contributed by atoms with Gasteiger partial charge in [-0.05, 0) is 61.1 Å². The minimum atomic E-state index is -0.527. The van der Waals surface area contributed by atoms with Gasteiger partial charge in [0, 0.05) is 17.8 Å². The van der Waals surface area contributed by atoms with E-state index in [1.807, 2.05) is 18.2 Å². The number of carbonyl (C=O) groups is 2. The lowest BCUT2D eigenvalue weighted by atomic mass is 9.70. The van der Waals surface area contributed by atoms with Gasteiger partial charge in [-0.1, -0.05) is 18.2 Å². The molecule has 0 unspecified atom stereocenters. The number of anilines is 1. The molecule has 1 aliphatic carbocycles. The maximum Gasteiger partial charge on any atom is 0.274 e. The van der Waals surface area contributed by atoms with Crippen LogP contribution in [0.4, 0.5) is 11.4 Å². The molecule has 2 N–H and O–H groups in total. The number of carbonyl (C=O) groups excluding carboxylic acids is 2. The van der Waals surface area contributed by atoms with Gasteiger partial charge < -0.3 is 4.90 Å². The Morgan fingerprint density at radius 1 is 1.19 bits per heavy atom. The quantitative estimate of drug-likeness (QED) is 0.490. The van der Waals surface area contributed by atoms with Crippen LogP contribution in [0.5, 0.6) is 0 Å². The van der Waals surface area contributed by atoms with Crippen molar-refractivity contribution in [2.24, 2.45) is 5.41 Å².